The number of aromatic nitrogens is 1. The summed E-state index contributed by atoms with van der Waals surface area (Å²) in [5, 5.41) is 2.65. The molecule has 0 aliphatic rings. The largest absolute Gasteiger partial charge is 0.497 e. The Morgan fingerprint density at radius 1 is 1.33 bits per heavy atom. The normalized spacial score (nSPS) is 11.2. The van der Waals surface area contributed by atoms with Crippen molar-refractivity contribution in [2.45, 2.75) is 12.7 Å². The van der Waals surface area contributed by atoms with Gasteiger partial charge in [0.2, 0.25) is 5.91 Å². The summed E-state index contributed by atoms with van der Waals surface area (Å²) in [4.78, 5) is 23.8. The van der Waals surface area contributed by atoms with Crippen LogP contribution in [0.5, 0.6) is 5.75 Å². The minimum absolute atomic E-state index is 0.223. The molecule has 0 saturated heterocycles. The number of alkyl halides is 3. The second-order valence-electron chi connectivity index (χ2n) is 4.75. The van der Waals surface area contributed by atoms with E-state index in [2.05, 4.69) is 5.32 Å². The molecule has 0 bridgehead atoms. The van der Waals surface area contributed by atoms with Crippen LogP contribution in [0.3, 0.4) is 0 Å². The van der Waals surface area contributed by atoms with Gasteiger partial charge in [-0.25, -0.2) is 0 Å². The van der Waals surface area contributed by atoms with Crippen LogP contribution in [0.1, 0.15) is 5.56 Å². The Labute approximate surface area is 139 Å². The summed E-state index contributed by atoms with van der Waals surface area (Å²) in [5.74, 6) is -0.266. The molecule has 2 rings (SSSR count). The summed E-state index contributed by atoms with van der Waals surface area (Å²) < 4.78 is 43.8. The molecule has 0 fully saturated rings. The van der Waals surface area contributed by atoms with Gasteiger partial charge in [0, 0.05) is 12.3 Å². The number of anilines is 1. The van der Waals surface area contributed by atoms with E-state index >= 15 is 0 Å². The third-order valence-electron chi connectivity index (χ3n) is 3.09. The number of nitrogens with one attached hydrogen (secondary N) is 1. The first-order valence-electron chi connectivity index (χ1n) is 6.62. The highest BCUT2D eigenvalue weighted by Crippen LogP contribution is 2.27. The van der Waals surface area contributed by atoms with Crippen LogP contribution in [-0.4, -0.2) is 17.6 Å². The average molecular weight is 361 g/mol. The van der Waals surface area contributed by atoms with E-state index in [0.29, 0.717) is 16.4 Å². The summed E-state index contributed by atoms with van der Waals surface area (Å²) in [5.41, 5.74) is -2.41. The number of halogens is 4. The maximum Gasteiger partial charge on any atom is 0.421 e. The molecular formula is C15H12ClF3N2O3. The van der Waals surface area contributed by atoms with Crippen LogP contribution in [0.2, 0.25) is 5.02 Å². The minimum atomic E-state index is -4.79. The first kappa shape index (κ1) is 17.9. The van der Waals surface area contributed by atoms with E-state index in [1.54, 1.807) is 6.07 Å². The van der Waals surface area contributed by atoms with E-state index in [9.17, 15) is 22.8 Å². The first-order chi connectivity index (χ1) is 11.2. The molecule has 1 aromatic heterocycles. The highest BCUT2D eigenvalue weighted by Gasteiger charge is 2.34. The lowest BCUT2D eigenvalue weighted by molar-refractivity contribution is -0.139. The van der Waals surface area contributed by atoms with Gasteiger partial charge in [0.05, 0.1) is 17.8 Å². The van der Waals surface area contributed by atoms with Gasteiger partial charge in [0.1, 0.15) is 17.9 Å². The van der Waals surface area contributed by atoms with Gasteiger partial charge < -0.3 is 14.6 Å². The van der Waals surface area contributed by atoms with Gasteiger partial charge >= 0.3 is 6.18 Å². The molecule has 0 atom stereocenters. The van der Waals surface area contributed by atoms with E-state index in [0.717, 1.165) is 12.3 Å². The van der Waals surface area contributed by atoms with Crippen molar-refractivity contribution in [3.05, 3.63) is 57.5 Å². The van der Waals surface area contributed by atoms with Gasteiger partial charge in [-0.1, -0.05) is 11.6 Å². The van der Waals surface area contributed by atoms with E-state index < -0.39 is 29.8 Å². The molecule has 128 valence electrons. The standard InChI is InChI=1S/C15H12ClF3N2O3/c1-24-9-4-5-11(16)12(7-9)20-13(22)8-21-6-2-3-10(14(21)23)15(17,18)19/h2-7H,8H2,1H3,(H,20,22). The van der Waals surface area contributed by atoms with E-state index in [4.69, 9.17) is 16.3 Å². The summed E-state index contributed by atoms with van der Waals surface area (Å²) in [7, 11) is 1.43. The SMILES string of the molecule is COc1ccc(Cl)c(NC(=O)Cn2cccc(C(F)(F)F)c2=O)c1. The van der Waals surface area contributed by atoms with Crippen LogP contribution in [0, 0.1) is 0 Å². The number of benzene rings is 1. The van der Waals surface area contributed by atoms with Crippen LogP contribution >= 0.6 is 11.6 Å². The molecule has 0 aliphatic heterocycles. The second-order valence-corrected chi connectivity index (χ2v) is 5.15. The zero-order valence-electron chi connectivity index (χ0n) is 12.4. The smallest absolute Gasteiger partial charge is 0.421 e. The average Bonchev–Trinajstić information content (AvgIpc) is 2.50. The molecule has 1 aromatic carbocycles. The van der Waals surface area contributed by atoms with Crippen molar-refractivity contribution >= 4 is 23.2 Å². The zero-order valence-corrected chi connectivity index (χ0v) is 13.1. The maximum absolute atomic E-state index is 12.7. The predicted octanol–water partition coefficient (Wildman–Crippen LogP) is 3.17. The predicted molar refractivity (Wildman–Crippen MR) is 82.3 cm³/mol. The number of hydrogen-bond acceptors (Lipinski definition) is 3. The molecule has 1 heterocycles. The third-order valence-corrected chi connectivity index (χ3v) is 3.42. The lowest BCUT2D eigenvalue weighted by Gasteiger charge is -2.12. The fourth-order valence-electron chi connectivity index (χ4n) is 1.95. The summed E-state index contributed by atoms with van der Waals surface area (Å²) in [6.07, 6.45) is -3.68. The Kier molecular flexibility index (Phi) is 5.18. The number of nitrogens with zero attached hydrogens (tertiary/aromatic N) is 1. The van der Waals surface area contributed by atoms with E-state index in [1.807, 2.05) is 0 Å². The second kappa shape index (κ2) is 6.96. The molecule has 0 saturated carbocycles. The highest BCUT2D eigenvalue weighted by atomic mass is 35.5. The van der Waals surface area contributed by atoms with E-state index in [-0.39, 0.29) is 10.7 Å². The highest BCUT2D eigenvalue weighted by molar-refractivity contribution is 6.33. The molecule has 0 aliphatic carbocycles. The Balaban J connectivity index is 2.21. The minimum Gasteiger partial charge on any atom is -0.497 e. The Morgan fingerprint density at radius 2 is 2.04 bits per heavy atom. The van der Waals surface area contributed by atoms with Gasteiger partial charge in [-0.15, -0.1) is 0 Å². The van der Waals surface area contributed by atoms with Crippen LogP contribution in [-0.2, 0) is 17.5 Å². The number of carbonyl (C=O) groups is 1. The van der Waals surface area contributed by atoms with Crippen molar-refractivity contribution in [2.24, 2.45) is 0 Å². The van der Waals surface area contributed by atoms with Crippen LogP contribution in [0.15, 0.2) is 41.3 Å². The molecular weight excluding hydrogens is 349 g/mol. The number of pyridine rings is 1. The summed E-state index contributed by atoms with van der Waals surface area (Å²) >= 11 is 5.93. The van der Waals surface area contributed by atoms with Crippen molar-refractivity contribution in [1.29, 1.82) is 0 Å². The quantitative estimate of drug-likeness (QED) is 0.911. The number of rotatable bonds is 4. The number of methoxy groups -OCH3 is 1. The van der Waals surface area contributed by atoms with Crippen molar-refractivity contribution in [2.75, 3.05) is 12.4 Å². The summed E-state index contributed by atoms with van der Waals surface area (Å²) in [6.45, 7) is -0.587. The Morgan fingerprint density at radius 3 is 2.67 bits per heavy atom. The first-order valence-corrected chi connectivity index (χ1v) is 7.00. The van der Waals surface area contributed by atoms with Gasteiger partial charge in [-0.2, -0.15) is 13.2 Å². The molecule has 5 nitrogen and oxygen atoms in total. The number of ether oxygens (including phenoxy) is 1. The van der Waals surface area contributed by atoms with Gasteiger partial charge in [0.15, 0.2) is 0 Å². The molecule has 0 spiro atoms. The fourth-order valence-corrected chi connectivity index (χ4v) is 2.11. The third kappa shape index (κ3) is 4.08. The van der Waals surface area contributed by atoms with Gasteiger partial charge in [-0.3, -0.25) is 9.59 Å². The fraction of sp³-hybridized carbons (Fsp3) is 0.200. The molecule has 1 N–H and O–H groups in total. The van der Waals surface area contributed by atoms with Crippen molar-refractivity contribution in [1.82, 2.24) is 4.57 Å². The number of amides is 1. The van der Waals surface area contributed by atoms with Crippen molar-refractivity contribution in [3.63, 3.8) is 0 Å². The molecule has 24 heavy (non-hydrogen) atoms. The van der Waals surface area contributed by atoms with Crippen LogP contribution < -0.4 is 15.6 Å². The van der Waals surface area contributed by atoms with E-state index in [1.165, 1.54) is 19.2 Å². The Hall–Kier alpha value is -2.48. The van der Waals surface area contributed by atoms with Crippen molar-refractivity contribution < 1.29 is 22.7 Å². The summed E-state index contributed by atoms with van der Waals surface area (Å²) in [6, 6.07) is 6.24. The lowest BCUT2D eigenvalue weighted by atomic mass is 10.2. The molecule has 0 radical (unpaired) electrons. The van der Waals surface area contributed by atoms with Crippen LogP contribution in [0.25, 0.3) is 0 Å². The molecule has 9 heteroatoms. The number of carbonyl (C=O) groups excluding carboxylic acids is 1. The molecule has 2 aromatic rings. The lowest BCUT2D eigenvalue weighted by Crippen LogP contribution is -2.32. The Bertz CT molecular complexity index is 818. The van der Waals surface area contributed by atoms with Gasteiger partial charge in [0.25, 0.3) is 5.56 Å². The zero-order chi connectivity index (χ0) is 17.9. The molecule has 0 unspecified atom stereocenters. The van der Waals surface area contributed by atoms with Crippen molar-refractivity contribution in [3.8, 4) is 5.75 Å². The van der Waals surface area contributed by atoms with Crippen LogP contribution in [0.4, 0.5) is 18.9 Å². The topological polar surface area (TPSA) is 60.3 Å². The van der Waals surface area contributed by atoms with Gasteiger partial charge in [-0.05, 0) is 24.3 Å². The molecule has 1 amide bonds. The maximum atomic E-state index is 12.7. The monoisotopic (exact) mass is 360 g/mol. The number of hydrogen-bond donors (Lipinski definition) is 1.